The molecule has 174 valence electrons. The monoisotopic (exact) mass is 545 g/mol. The van der Waals surface area contributed by atoms with E-state index in [1.165, 1.54) is 5.56 Å². The molecule has 3 rings (SSSR count). The normalized spacial score (nSPS) is 18.5. The summed E-state index contributed by atoms with van der Waals surface area (Å²) in [7, 11) is 0. The van der Waals surface area contributed by atoms with Crippen LogP contribution in [-0.4, -0.2) is 84.8 Å². The van der Waals surface area contributed by atoms with E-state index < -0.39 is 5.60 Å². The van der Waals surface area contributed by atoms with Crippen LogP contribution in [0.4, 0.5) is 4.79 Å². The van der Waals surface area contributed by atoms with Gasteiger partial charge in [0, 0.05) is 45.8 Å². The third-order valence-electron chi connectivity index (χ3n) is 5.21. The van der Waals surface area contributed by atoms with E-state index >= 15 is 0 Å². The average Bonchev–Trinajstić information content (AvgIpc) is 2.73. The summed E-state index contributed by atoms with van der Waals surface area (Å²) in [6.45, 7) is 13.2. The maximum Gasteiger partial charge on any atom is 0.410 e. The van der Waals surface area contributed by atoms with E-state index in [9.17, 15) is 4.79 Å². The van der Waals surface area contributed by atoms with Gasteiger partial charge in [0.1, 0.15) is 5.60 Å². The van der Waals surface area contributed by atoms with E-state index in [0.29, 0.717) is 38.7 Å². The highest BCUT2D eigenvalue weighted by Crippen LogP contribution is 2.13. The number of nitrogens with zero attached hydrogens (tertiary/aromatic N) is 4. The molecule has 0 bridgehead atoms. The second-order valence-electron chi connectivity index (χ2n) is 8.83. The molecule has 31 heavy (non-hydrogen) atoms. The number of carbonyl (C=O) groups is 1. The predicted octanol–water partition coefficient (Wildman–Crippen LogP) is 2.50. The maximum absolute atomic E-state index is 12.2. The molecule has 0 saturated carbocycles. The first-order chi connectivity index (χ1) is 14.3. The molecule has 0 aliphatic carbocycles. The second-order valence-corrected chi connectivity index (χ2v) is 8.83. The standard InChI is InChI=1S/C22H35N5O3.HI/c1-22(2,3)30-21(28)27-10-8-26(9-11-27)20(23)24-16-18-4-6-19(7-5-18)17-25-12-14-29-15-13-25;/h4-7H,8-17H2,1-3H3,(H2,23,24);1H. The van der Waals surface area contributed by atoms with Crippen LogP contribution in [0, 0.1) is 0 Å². The Morgan fingerprint density at radius 1 is 1.00 bits per heavy atom. The molecular formula is C22H36IN5O3. The lowest BCUT2D eigenvalue weighted by molar-refractivity contribution is 0.0186. The Morgan fingerprint density at radius 2 is 1.55 bits per heavy atom. The molecule has 0 unspecified atom stereocenters. The van der Waals surface area contributed by atoms with Crippen molar-refractivity contribution in [2.24, 2.45) is 10.7 Å². The Hall–Kier alpha value is -1.59. The Bertz CT molecular complexity index is 722. The van der Waals surface area contributed by atoms with Gasteiger partial charge in [-0.25, -0.2) is 9.79 Å². The van der Waals surface area contributed by atoms with Crippen LogP contribution in [-0.2, 0) is 22.6 Å². The van der Waals surface area contributed by atoms with Crippen molar-refractivity contribution in [2.45, 2.75) is 39.5 Å². The number of amides is 1. The van der Waals surface area contributed by atoms with Crippen LogP contribution in [0.3, 0.4) is 0 Å². The second kappa shape index (κ2) is 11.9. The van der Waals surface area contributed by atoms with Gasteiger partial charge in [-0.15, -0.1) is 24.0 Å². The summed E-state index contributed by atoms with van der Waals surface area (Å²) in [5.74, 6) is 0.524. The Balaban J connectivity index is 0.00000341. The van der Waals surface area contributed by atoms with E-state index in [0.717, 1.165) is 38.4 Å². The number of hydrogen-bond donors (Lipinski definition) is 1. The van der Waals surface area contributed by atoms with Crippen molar-refractivity contribution in [3.8, 4) is 0 Å². The summed E-state index contributed by atoms with van der Waals surface area (Å²) in [4.78, 5) is 22.9. The van der Waals surface area contributed by atoms with Gasteiger partial charge < -0.3 is 25.0 Å². The lowest BCUT2D eigenvalue weighted by Gasteiger charge is -2.36. The number of halogens is 1. The third kappa shape index (κ3) is 8.46. The fraction of sp³-hybridized carbons (Fsp3) is 0.636. The molecule has 0 spiro atoms. The van der Waals surface area contributed by atoms with Gasteiger partial charge in [0.25, 0.3) is 0 Å². The van der Waals surface area contributed by atoms with Crippen molar-refractivity contribution in [1.82, 2.24) is 14.7 Å². The molecule has 2 saturated heterocycles. The maximum atomic E-state index is 12.2. The molecular weight excluding hydrogens is 509 g/mol. The SMILES string of the molecule is CC(C)(C)OC(=O)N1CCN(C(N)=NCc2ccc(CN3CCOCC3)cc2)CC1.I. The summed E-state index contributed by atoms with van der Waals surface area (Å²) in [5.41, 5.74) is 8.15. The molecule has 2 fully saturated rings. The summed E-state index contributed by atoms with van der Waals surface area (Å²) < 4.78 is 10.8. The van der Waals surface area contributed by atoms with Crippen LogP contribution in [0.2, 0.25) is 0 Å². The molecule has 1 aromatic carbocycles. The zero-order valence-corrected chi connectivity index (χ0v) is 21.2. The molecule has 1 amide bonds. The van der Waals surface area contributed by atoms with Crippen molar-refractivity contribution in [1.29, 1.82) is 0 Å². The van der Waals surface area contributed by atoms with Gasteiger partial charge in [-0.3, -0.25) is 4.90 Å². The van der Waals surface area contributed by atoms with Gasteiger partial charge >= 0.3 is 6.09 Å². The van der Waals surface area contributed by atoms with E-state index in [1.807, 2.05) is 25.7 Å². The fourth-order valence-corrected chi connectivity index (χ4v) is 3.48. The minimum Gasteiger partial charge on any atom is -0.444 e. The highest BCUT2D eigenvalue weighted by molar-refractivity contribution is 14.0. The van der Waals surface area contributed by atoms with Crippen LogP contribution in [0.15, 0.2) is 29.3 Å². The Kier molecular flexibility index (Phi) is 9.83. The van der Waals surface area contributed by atoms with Crippen LogP contribution >= 0.6 is 24.0 Å². The molecule has 0 aromatic heterocycles. The van der Waals surface area contributed by atoms with Gasteiger partial charge in [-0.05, 0) is 31.9 Å². The van der Waals surface area contributed by atoms with Gasteiger partial charge in [-0.1, -0.05) is 24.3 Å². The molecule has 0 radical (unpaired) electrons. The number of hydrogen-bond acceptors (Lipinski definition) is 5. The smallest absolute Gasteiger partial charge is 0.410 e. The van der Waals surface area contributed by atoms with Crippen molar-refractivity contribution in [3.63, 3.8) is 0 Å². The highest BCUT2D eigenvalue weighted by atomic mass is 127. The molecule has 2 aliphatic heterocycles. The topological polar surface area (TPSA) is 83.6 Å². The van der Waals surface area contributed by atoms with Crippen molar-refractivity contribution < 1.29 is 14.3 Å². The number of ether oxygens (including phenoxy) is 2. The quantitative estimate of drug-likeness (QED) is 0.356. The number of nitrogens with two attached hydrogens (primary N) is 1. The lowest BCUT2D eigenvalue weighted by atomic mass is 10.1. The zero-order valence-electron chi connectivity index (χ0n) is 18.9. The first kappa shape index (κ1) is 25.7. The summed E-state index contributed by atoms with van der Waals surface area (Å²) in [6.07, 6.45) is -0.269. The van der Waals surface area contributed by atoms with Gasteiger partial charge in [0.15, 0.2) is 5.96 Å². The van der Waals surface area contributed by atoms with Crippen molar-refractivity contribution >= 4 is 36.0 Å². The molecule has 2 aliphatic rings. The van der Waals surface area contributed by atoms with E-state index in [1.54, 1.807) is 4.90 Å². The number of guanidine groups is 1. The van der Waals surface area contributed by atoms with Gasteiger partial charge in [-0.2, -0.15) is 0 Å². The van der Waals surface area contributed by atoms with Crippen molar-refractivity contribution in [2.75, 3.05) is 52.5 Å². The Labute approximate surface area is 202 Å². The third-order valence-corrected chi connectivity index (χ3v) is 5.21. The zero-order chi connectivity index (χ0) is 21.6. The minimum atomic E-state index is -0.480. The number of aliphatic imine (C=N–C) groups is 1. The molecule has 2 N–H and O–H groups in total. The summed E-state index contributed by atoms with van der Waals surface area (Å²) in [6, 6.07) is 8.56. The molecule has 9 heteroatoms. The number of rotatable bonds is 4. The van der Waals surface area contributed by atoms with E-state index in [-0.39, 0.29) is 30.1 Å². The largest absolute Gasteiger partial charge is 0.444 e. The van der Waals surface area contributed by atoms with Crippen LogP contribution in [0.25, 0.3) is 0 Å². The summed E-state index contributed by atoms with van der Waals surface area (Å²) >= 11 is 0. The van der Waals surface area contributed by atoms with Gasteiger partial charge in [0.05, 0.1) is 19.8 Å². The summed E-state index contributed by atoms with van der Waals surface area (Å²) in [5, 5.41) is 0. The van der Waals surface area contributed by atoms with Crippen LogP contribution in [0.1, 0.15) is 31.9 Å². The lowest BCUT2D eigenvalue weighted by Crippen LogP contribution is -2.53. The number of morpholine rings is 1. The first-order valence-electron chi connectivity index (χ1n) is 10.7. The van der Waals surface area contributed by atoms with Crippen LogP contribution < -0.4 is 5.73 Å². The first-order valence-corrected chi connectivity index (χ1v) is 10.7. The fourth-order valence-electron chi connectivity index (χ4n) is 3.48. The Morgan fingerprint density at radius 3 is 2.13 bits per heavy atom. The minimum absolute atomic E-state index is 0. The predicted molar refractivity (Wildman–Crippen MR) is 133 cm³/mol. The molecule has 1 aromatic rings. The van der Waals surface area contributed by atoms with Crippen LogP contribution in [0.5, 0.6) is 0 Å². The molecule has 8 nitrogen and oxygen atoms in total. The highest BCUT2D eigenvalue weighted by Gasteiger charge is 2.26. The van der Waals surface area contributed by atoms with Gasteiger partial charge in [0.2, 0.25) is 0 Å². The molecule has 2 heterocycles. The average molecular weight is 545 g/mol. The molecule has 0 atom stereocenters. The number of benzene rings is 1. The van der Waals surface area contributed by atoms with E-state index in [2.05, 4.69) is 34.2 Å². The van der Waals surface area contributed by atoms with E-state index in [4.69, 9.17) is 15.2 Å². The van der Waals surface area contributed by atoms with Crippen molar-refractivity contribution in [3.05, 3.63) is 35.4 Å². The number of piperazine rings is 1. The number of carbonyl (C=O) groups excluding carboxylic acids is 1.